The third-order valence-corrected chi connectivity index (χ3v) is 5.47. The van der Waals surface area contributed by atoms with Crippen molar-refractivity contribution < 1.29 is 23.8 Å². The molecule has 166 valence electrons. The molecule has 0 spiro atoms. The molecule has 7 nitrogen and oxygen atoms in total. The number of amides is 1. The minimum Gasteiger partial charge on any atom is -0.502 e. The van der Waals surface area contributed by atoms with E-state index in [1.165, 1.54) is 17.2 Å². The van der Waals surface area contributed by atoms with Gasteiger partial charge in [0.1, 0.15) is 17.3 Å². The van der Waals surface area contributed by atoms with Gasteiger partial charge >= 0.3 is 0 Å². The van der Waals surface area contributed by atoms with E-state index in [1.54, 1.807) is 25.1 Å². The number of fused-ring (bicyclic) bond motifs is 1. The van der Waals surface area contributed by atoms with E-state index in [2.05, 4.69) is 6.07 Å². The summed E-state index contributed by atoms with van der Waals surface area (Å²) in [5.74, 6) is 0.111. The van der Waals surface area contributed by atoms with Gasteiger partial charge in [0, 0.05) is 25.3 Å². The summed E-state index contributed by atoms with van der Waals surface area (Å²) >= 11 is 0. The third-order valence-electron chi connectivity index (χ3n) is 5.47. The van der Waals surface area contributed by atoms with Crippen molar-refractivity contribution in [3.8, 4) is 17.2 Å². The number of benzene rings is 2. The van der Waals surface area contributed by atoms with Gasteiger partial charge in [0.15, 0.2) is 5.76 Å². The van der Waals surface area contributed by atoms with Gasteiger partial charge in [-0.1, -0.05) is 24.3 Å². The van der Waals surface area contributed by atoms with Crippen molar-refractivity contribution in [2.24, 2.45) is 5.73 Å². The zero-order valence-corrected chi connectivity index (χ0v) is 17.8. The summed E-state index contributed by atoms with van der Waals surface area (Å²) in [5, 5.41) is 10.3. The molecule has 1 atom stereocenters. The Bertz CT molecular complexity index is 1200. The second-order valence-corrected chi connectivity index (χ2v) is 7.87. The van der Waals surface area contributed by atoms with Crippen molar-refractivity contribution in [3.63, 3.8) is 0 Å². The van der Waals surface area contributed by atoms with Crippen LogP contribution in [0.25, 0.3) is 0 Å². The molecule has 2 heterocycles. The molecular weight excluding hydrogens is 410 g/mol. The molecule has 1 aliphatic heterocycles. The molecule has 2 aromatic carbocycles. The molecule has 0 fully saturated rings. The van der Waals surface area contributed by atoms with Crippen molar-refractivity contribution in [2.75, 3.05) is 13.2 Å². The SMILES string of the molecule is Cc1cc(=O)c(O)c([C@H](CC(N)=O)c2cccc(OCCc3ccc4c(c3)CCO4)c2)o1. The Morgan fingerprint density at radius 2 is 2.06 bits per heavy atom. The monoisotopic (exact) mass is 435 g/mol. The fourth-order valence-electron chi connectivity index (χ4n) is 3.93. The van der Waals surface area contributed by atoms with E-state index in [4.69, 9.17) is 19.6 Å². The molecule has 32 heavy (non-hydrogen) atoms. The van der Waals surface area contributed by atoms with Gasteiger partial charge in [0.05, 0.1) is 19.1 Å². The van der Waals surface area contributed by atoms with Crippen LogP contribution in [0, 0.1) is 6.92 Å². The highest BCUT2D eigenvalue weighted by Gasteiger charge is 2.25. The normalized spacial score (nSPS) is 13.3. The molecule has 0 bridgehead atoms. The summed E-state index contributed by atoms with van der Waals surface area (Å²) in [5.41, 5.74) is 7.91. The number of carbonyl (C=O) groups is 1. The lowest BCUT2D eigenvalue weighted by Gasteiger charge is -2.17. The van der Waals surface area contributed by atoms with Crippen LogP contribution in [-0.2, 0) is 17.6 Å². The molecule has 3 N–H and O–H groups in total. The Balaban J connectivity index is 1.52. The minimum absolute atomic E-state index is 0.0197. The van der Waals surface area contributed by atoms with E-state index in [9.17, 15) is 14.7 Å². The van der Waals surface area contributed by atoms with Gasteiger partial charge in [0.2, 0.25) is 17.1 Å². The van der Waals surface area contributed by atoms with Crippen LogP contribution in [0.2, 0.25) is 0 Å². The summed E-state index contributed by atoms with van der Waals surface area (Å²) in [6, 6.07) is 14.5. The Morgan fingerprint density at radius 1 is 1.22 bits per heavy atom. The summed E-state index contributed by atoms with van der Waals surface area (Å²) in [6.07, 6.45) is 1.53. The molecule has 0 aliphatic carbocycles. The highest BCUT2D eigenvalue weighted by atomic mass is 16.5. The zero-order valence-electron chi connectivity index (χ0n) is 17.8. The highest BCUT2D eigenvalue weighted by Crippen LogP contribution is 2.34. The van der Waals surface area contributed by atoms with Crippen LogP contribution >= 0.6 is 0 Å². The Hall–Kier alpha value is -3.74. The third kappa shape index (κ3) is 4.77. The van der Waals surface area contributed by atoms with Gasteiger partial charge in [-0.3, -0.25) is 9.59 Å². The van der Waals surface area contributed by atoms with Crippen LogP contribution < -0.4 is 20.6 Å². The van der Waals surface area contributed by atoms with E-state index in [0.717, 1.165) is 25.2 Å². The first-order chi connectivity index (χ1) is 15.4. The van der Waals surface area contributed by atoms with Gasteiger partial charge in [0.25, 0.3) is 0 Å². The first-order valence-corrected chi connectivity index (χ1v) is 10.5. The molecule has 1 amide bonds. The van der Waals surface area contributed by atoms with Crippen molar-refractivity contribution >= 4 is 5.91 Å². The number of hydrogen-bond donors (Lipinski definition) is 2. The molecule has 3 aromatic rings. The fourth-order valence-corrected chi connectivity index (χ4v) is 3.93. The molecule has 4 rings (SSSR count). The molecule has 0 radical (unpaired) electrons. The average molecular weight is 435 g/mol. The minimum atomic E-state index is -0.708. The predicted octanol–water partition coefficient (Wildman–Crippen LogP) is 3.22. The van der Waals surface area contributed by atoms with E-state index >= 15 is 0 Å². The lowest BCUT2D eigenvalue weighted by molar-refractivity contribution is -0.118. The van der Waals surface area contributed by atoms with Gasteiger partial charge in [-0.15, -0.1) is 0 Å². The number of primary amides is 1. The number of aryl methyl sites for hydroxylation is 1. The number of carbonyl (C=O) groups excluding carboxylic acids is 1. The lowest BCUT2D eigenvalue weighted by Crippen LogP contribution is -2.18. The molecule has 1 aliphatic rings. The van der Waals surface area contributed by atoms with Crippen LogP contribution in [0.3, 0.4) is 0 Å². The highest BCUT2D eigenvalue weighted by molar-refractivity contribution is 5.75. The van der Waals surface area contributed by atoms with E-state index in [-0.39, 0.29) is 12.2 Å². The molecular formula is C25H25NO6. The standard InChI is InChI=1S/C25H25NO6/c1-15-11-21(27)24(29)25(32-15)20(14-23(26)28)17-3-2-4-19(13-17)30-9-7-16-5-6-22-18(12-16)8-10-31-22/h2-6,11-13,20,29H,7-10,14H2,1H3,(H2,26,28)/t20-/m1/s1. The lowest BCUT2D eigenvalue weighted by atomic mass is 9.91. The smallest absolute Gasteiger partial charge is 0.227 e. The van der Waals surface area contributed by atoms with E-state index in [0.29, 0.717) is 23.7 Å². The van der Waals surface area contributed by atoms with Crippen molar-refractivity contribution in [2.45, 2.75) is 32.1 Å². The first kappa shape index (κ1) is 21.5. The van der Waals surface area contributed by atoms with Crippen LogP contribution in [0.1, 0.15) is 40.5 Å². The number of aromatic hydroxyl groups is 1. The molecule has 1 aromatic heterocycles. The average Bonchev–Trinajstić information content (AvgIpc) is 3.23. The topological polar surface area (TPSA) is 112 Å². The van der Waals surface area contributed by atoms with Crippen LogP contribution in [0.5, 0.6) is 17.2 Å². The Morgan fingerprint density at radius 3 is 2.88 bits per heavy atom. The van der Waals surface area contributed by atoms with Gasteiger partial charge < -0.3 is 24.7 Å². The number of nitrogens with two attached hydrogens (primary N) is 1. The maximum atomic E-state index is 12.0. The second-order valence-electron chi connectivity index (χ2n) is 7.87. The maximum Gasteiger partial charge on any atom is 0.227 e. The number of rotatable bonds is 8. The number of hydrogen-bond acceptors (Lipinski definition) is 6. The fraction of sp³-hybridized carbons (Fsp3) is 0.280. The maximum absolute atomic E-state index is 12.0. The van der Waals surface area contributed by atoms with Crippen molar-refractivity contribution in [1.82, 2.24) is 0 Å². The molecule has 0 unspecified atom stereocenters. The van der Waals surface area contributed by atoms with Crippen molar-refractivity contribution in [1.29, 1.82) is 0 Å². The Kier molecular flexibility index (Phi) is 6.16. The van der Waals surface area contributed by atoms with Crippen LogP contribution in [0.15, 0.2) is 57.7 Å². The van der Waals surface area contributed by atoms with E-state index < -0.39 is 23.0 Å². The molecule has 0 saturated heterocycles. The summed E-state index contributed by atoms with van der Waals surface area (Å²) in [6.45, 7) is 2.80. The summed E-state index contributed by atoms with van der Waals surface area (Å²) < 4.78 is 17.1. The van der Waals surface area contributed by atoms with Crippen molar-refractivity contribution in [3.05, 3.63) is 87.0 Å². The summed E-state index contributed by atoms with van der Waals surface area (Å²) in [4.78, 5) is 23.7. The number of ether oxygens (including phenoxy) is 2. The van der Waals surface area contributed by atoms with E-state index in [1.807, 2.05) is 18.2 Å². The first-order valence-electron chi connectivity index (χ1n) is 10.5. The second kappa shape index (κ2) is 9.18. The quantitative estimate of drug-likeness (QED) is 0.562. The molecule has 0 saturated carbocycles. The molecule has 7 heteroatoms. The summed E-state index contributed by atoms with van der Waals surface area (Å²) in [7, 11) is 0. The largest absolute Gasteiger partial charge is 0.502 e. The predicted molar refractivity (Wildman–Crippen MR) is 118 cm³/mol. The van der Waals surface area contributed by atoms with Crippen LogP contribution in [-0.4, -0.2) is 24.2 Å². The Labute approximate surface area is 185 Å². The zero-order chi connectivity index (χ0) is 22.7. The van der Waals surface area contributed by atoms with Gasteiger partial charge in [-0.25, -0.2) is 0 Å². The van der Waals surface area contributed by atoms with Gasteiger partial charge in [-0.05, 0) is 41.8 Å². The van der Waals surface area contributed by atoms with Crippen LogP contribution in [0.4, 0.5) is 0 Å². The van der Waals surface area contributed by atoms with Gasteiger partial charge in [-0.2, -0.15) is 0 Å².